The van der Waals surface area contributed by atoms with Crippen LogP contribution in [0.25, 0.3) is 5.70 Å². The maximum atomic E-state index is 14.2. The van der Waals surface area contributed by atoms with E-state index in [-0.39, 0.29) is 17.3 Å². The molecule has 0 aromatic heterocycles. The van der Waals surface area contributed by atoms with Crippen LogP contribution in [0.15, 0.2) is 24.3 Å². The van der Waals surface area contributed by atoms with Gasteiger partial charge in [0.15, 0.2) is 0 Å². The first kappa shape index (κ1) is 15.6. The van der Waals surface area contributed by atoms with E-state index in [9.17, 15) is 9.18 Å². The summed E-state index contributed by atoms with van der Waals surface area (Å²) in [4.78, 5) is 13.2. The topological polar surface area (TPSA) is 29.5 Å². The number of nitrogens with zero attached hydrogens (tertiary/aromatic N) is 1. The van der Waals surface area contributed by atoms with Crippen molar-refractivity contribution in [3.8, 4) is 17.6 Å². The van der Waals surface area contributed by atoms with Crippen LogP contribution in [-0.2, 0) is 4.79 Å². The van der Waals surface area contributed by atoms with E-state index in [4.69, 9.17) is 4.74 Å². The highest BCUT2D eigenvalue weighted by Crippen LogP contribution is 2.30. The molecule has 3 nitrogen and oxygen atoms in total. The van der Waals surface area contributed by atoms with E-state index in [1.54, 1.807) is 26.1 Å². The maximum absolute atomic E-state index is 14.2. The Kier molecular flexibility index (Phi) is 5.03. The van der Waals surface area contributed by atoms with Crippen LogP contribution in [0.3, 0.4) is 0 Å². The third kappa shape index (κ3) is 3.45. The number of ether oxygens (including phenoxy) is 1. The van der Waals surface area contributed by atoms with Gasteiger partial charge in [-0.3, -0.25) is 4.79 Å². The Hall–Kier alpha value is -1.80. The number of carbonyl (C=O) groups excluding carboxylic acids is 1. The van der Waals surface area contributed by atoms with Crippen molar-refractivity contribution in [2.75, 3.05) is 13.7 Å². The Morgan fingerprint density at radius 3 is 2.95 bits per heavy atom. The van der Waals surface area contributed by atoms with Gasteiger partial charge in [-0.1, -0.05) is 27.9 Å². The van der Waals surface area contributed by atoms with Crippen LogP contribution in [0.2, 0.25) is 0 Å². The van der Waals surface area contributed by atoms with Gasteiger partial charge in [-0.15, -0.1) is 5.92 Å². The molecule has 1 aromatic rings. The smallest absolute Gasteiger partial charge is 0.240 e. The zero-order valence-corrected chi connectivity index (χ0v) is 13.4. The Labute approximate surface area is 131 Å². The van der Waals surface area contributed by atoms with Gasteiger partial charge in [-0.05, 0) is 25.5 Å². The summed E-state index contributed by atoms with van der Waals surface area (Å²) in [7, 11) is 1.64. The molecular formula is C16H15BrFNO2. The molecule has 2 rings (SSSR count). The number of carbonyl (C=O) groups is 1. The molecule has 1 heterocycles. The number of hydrogen-bond donors (Lipinski definition) is 0. The zero-order chi connectivity index (χ0) is 15.4. The van der Waals surface area contributed by atoms with Gasteiger partial charge in [-0.25, -0.2) is 4.39 Å². The third-order valence-corrected chi connectivity index (χ3v) is 3.95. The lowest BCUT2D eigenvalue weighted by atomic mass is 10.0. The van der Waals surface area contributed by atoms with Crippen LogP contribution in [0.1, 0.15) is 18.9 Å². The molecule has 0 fully saturated rings. The SMILES string of the molecule is CC#CCOc1ccc(C2=CCC(Br)C(=O)N2C)c(F)c1. The van der Waals surface area contributed by atoms with Crippen LogP contribution in [0, 0.1) is 17.7 Å². The second-order valence-corrected chi connectivity index (χ2v) is 5.65. The van der Waals surface area contributed by atoms with E-state index < -0.39 is 5.82 Å². The van der Waals surface area contributed by atoms with E-state index in [0.29, 0.717) is 23.4 Å². The van der Waals surface area contributed by atoms with Crippen molar-refractivity contribution in [1.82, 2.24) is 4.90 Å². The fourth-order valence-electron chi connectivity index (χ4n) is 2.06. The summed E-state index contributed by atoms with van der Waals surface area (Å²) in [6.45, 7) is 1.94. The first-order valence-electron chi connectivity index (χ1n) is 6.48. The maximum Gasteiger partial charge on any atom is 0.240 e. The molecule has 0 bridgehead atoms. The van der Waals surface area contributed by atoms with Crippen molar-refractivity contribution in [3.05, 3.63) is 35.7 Å². The molecule has 5 heteroatoms. The molecule has 0 spiro atoms. The standard InChI is InChI=1S/C16H15BrFNO2/c1-3-4-9-21-11-5-6-12(14(18)10-11)15-8-7-13(17)16(20)19(15)2/h5-6,8,10,13H,7,9H2,1-2H3. The normalized spacial score (nSPS) is 17.9. The van der Waals surface area contributed by atoms with Gasteiger partial charge in [-0.2, -0.15) is 0 Å². The van der Waals surface area contributed by atoms with Crippen molar-refractivity contribution in [2.24, 2.45) is 0 Å². The summed E-state index contributed by atoms with van der Waals surface area (Å²) >= 11 is 3.30. The number of hydrogen-bond acceptors (Lipinski definition) is 2. The summed E-state index contributed by atoms with van der Waals surface area (Å²) in [5.74, 6) is 5.37. The molecule has 0 saturated heterocycles. The van der Waals surface area contributed by atoms with Crippen LogP contribution in [0.4, 0.5) is 4.39 Å². The number of amides is 1. The summed E-state index contributed by atoms with van der Waals surface area (Å²) in [6, 6.07) is 4.61. The lowest BCUT2D eigenvalue weighted by Crippen LogP contribution is -2.35. The van der Waals surface area contributed by atoms with Crippen LogP contribution < -0.4 is 4.74 Å². The molecule has 110 valence electrons. The van der Waals surface area contributed by atoms with E-state index in [2.05, 4.69) is 27.8 Å². The van der Waals surface area contributed by atoms with Crippen molar-refractivity contribution in [3.63, 3.8) is 0 Å². The molecule has 0 saturated carbocycles. The molecular weight excluding hydrogens is 337 g/mol. The van der Waals surface area contributed by atoms with Gasteiger partial charge in [0, 0.05) is 24.4 Å². The second kappa shape index (κ2) is 6.77. The van der Waals surface area contributed by atoms with Crippen LogP contribution >= 0.6 is 15.9 Å². The largest absolute Gasteiger partial charge is 0.481 e. The number of alkyl halides is 1. The van der Waals surface area contributed by atoms with Gasteiger partial charge in [0.05, 0.1) is 4.83 Å². The quantitative estimate of drug-likeness (QED) is 0.618. The molecule has 0 aliphatic carbocycles. The van der Waals surface area contributed by atoms with Crippen molar-refractivity contribution in [2.45, 2.75) is 18.2 Å². The summed E-state index contributed by atoms with van der Waals surface area (Å²) < 4.78 is 19.5. The summed E-state index contributed by atoms with van der Waals surface area (Å²) in [5, 5.41) is 0. The average Bonchev–Trinajstić information content (AvgIpc) is 2.46. The molecule has 0 N–H and O–H groups in total. The van der Waals surface area contributed by atoms with Crippen molar-refractivity contribution < 1.29 is 13.9 Å². The minimum absolute atomic E-state index is 0.0783. The lowest BCUT2D eigenvalue weighted by Gasteiger charge is -2.28. The second-order valence-electron chi connectivity index (χ2n) is 4.55. The molecule has 1 unspecified atom stereocenters. The highest BCUT2D eigenvalue weighted by molar-refractivity contribution is 9.10. The number of allylic oxidation sites excluding steroid dienone is 1. The Morgan fingerprint density at radius 1 is 1.52 bits per heavy atom. The monoisotopic (exact) mass is 351 g/mol. The molecule has 1 aromatic carbocycles. The van der Waals surface area contributed by atoms with Crippen LogP contribution in [-0.4, -0.2) is 29.3 Å². The van der Waals surface area contributed by atoms with E-state index in [1.807, 2.05) is 6.08 Å². The van der Waals surface area contributed by atoms with E-state index >= 15 is 0 Å². The van der Waals surface area contributed by atoms with E-state index in [0.717, 1.165) is 0 Å². The first-order valence-corrected chi connectivity index (χ1v) is 7.40. The average molecular weight is 352 g/mol. The molecule has 1 aliphatic heterocycles. The third-order valence-electron chi connectivity index (χ3n) is 3.18. The number of benzene rings is 1. The molecule has 1 aliphatic rings. The predicted molar refractivity (Wildman–Crippen MR) is 83.4 cm³/mol. The summed E-state index contributed by atoms with van der Waals surface area (Å²) in [6.07, 6.45) is 2.39. The first-order chi connectivity index (χ1) is 10.0. The highest BCUT2D eigenvalue weighted by atomic mass is 79.9. The fourth-order valence-corrected chi connectivity index (χ4v) is 2.55. The number of halogens is 2. The summed E-state index contributed by atoms with van der Waals surface area (Å²) in [5.41, 5.74) is 0.965. The van der Waals surface area contributed by atoms with Gasteiger partial charge >= 0.3 is 0 Å². The Bertz CT molecular complexity index is 645. The number of rotatable bonds is 3. The lowest BCUT2D eigenvalue weighted by molar-refractivity contribution is -0.126. The Balaban J connectivity index is 2.24. The zero-order valence-electron chi connectivity index (χ0n) is 11.8. The van der Waals surface area contributed by atoms with E-state index in [1.165, 1.54) is 11.0 Å². The predicted octanol–water partition coefficient (Wildman–Crippen LogP) is 3.19. The molecule has 0 radical (unpaired) electrons. The van der Waals surface area contributed by atoms with Crippen LogP contribution in [0.5, 0.6) is 5.75 Å². The molecule has 1 atom stereocenters. The minimum atomic E-state index is -0.420. The Morgan fingerprint density at radius 2 is 2.29 bits per heavy atom. The fraction of sp³-hybridized carbons (Fsp3) is 0.312. The van der Waals surface area contributed by atoms with Crippen molar-refractivity contribution in [1.29, 1.82) is 0 Å². The molecule has 21 heavy (non-hydrogen) atoms. The van der Waals surface area contributed by atoms with Gasteiger partial charge in [0.25, 0.3) is 0 Å². The molecule has 1 amide bonds. The van der Waals surface area contributed by atoms with Gasteiger partial charge in [0.1, 0.15) is 18.2 Å². The highest BCUT2D eigenvalue weighted by Gasteiger charge is 2.27. The van der Waals surface area contributed by atoms with Gasteiger partial charge < -0.3 is 9.64 Å². The van der Waals surface area contributed by atoms with Crippen molar-refractivity contribution >= 4 is 27.5 Å². The minimum Gasteiger partial charge on any atom is -0.481 e. The van der Waals surface area contributed by atoms with Gasteiger partial charge in [0.2, 0.25) is 5.91 Å².